The van der Waals surface area contributed by atoms with E-state index in [0.29, 0.717) is 73.4 Å². The summed E-state index contributed by atoms with van der Waals surface area (Å²) in [6.45, 7) is 15.3. The molecule has 9 heterocycles. The summed E-state index contributed by atoms with van der Waals surface area (Å²) in [6, 6.07) is 23.6. The van der Waals surface area contributed by atoms with E-state index in [-0.39, 0.29) is 57.5 Å². The fraction of sp³-hybridized carbons (Fsp3) is 0.266. The number of aryl methyl sites for hydroxylation is 3. The average Bonchev–Trinajstić information content (AvgIpc) is 0.791. The molecule has 3 N–H and O–H groups in total. The number of nitrogen functional groups attached to an aromatic ring is 1. The van der Waals surface area contributed by atoms with Gasteiger partial charge in [-0.1, -0.05) is 53.3 Å². The first-order valence-electron chi connectivity index (χ1n) is 27.6. The third kappa shape index (κ3) is 28.3. The lowest BCUT2D eigenvalue weighted by Gasteiger charge is -2.22. The maximum atomic E-state index is 12.7. The molecular formula is C64H51BrCl4F9N17O4. The molecule has 0 aliphatic heterocycles. The lowest BCUT2D eigenvalue weighted by Crippen LogP contribution is -2.27. The van der Waals surface area contributed by atoms with Crippen molar-refractivity contribution in [3.8, 4) is 36.4 Å². The molecule has 1 atom stereocenters. The van der Waals surface area contributed by atoms with Gasteiger partial charge in [-0.25, -0.2) is 29.9 Å². The van der Waals surface area contributed by atoms with Gasteiger partial charge in [0.05, 0.1) is 52.9 Å². The zero-order valence-electron chi connectivity index (χ0n) is 52.8. The largest absolute Gasteiger partial charge is 0.465 e. The summed E-state index contributed by atoms with van der Waals surface area (Å²) >= 11 is 26.1. The van der Waals surface area contributed by atoms with Crippen LogP contribution in [0.1, 0.15) is 115 Å². The zero-order valence-corrected chi connectivity index (χ0v) is 57.4. The Kier molecular flexibility index (Phi) is 33.9. The number of nitrogens with zero attached hydrogens (tertiary/aromatic N) is 15. The van der Waals surface area contributed by atoms with Crippen molar-refractivity contribution in [2.75, 3.05) is 17.7 Å². The molecule has 0 aliphatic rings. The number of pyridine rings is 9. The molecule has 514 valence electrons. The van der Waals surface area contributed by atoms with Crippen LogP contribution in [0, 0.1) is 88.8 Å². The summed E-state index contributed by atoms with van der Waals surface area (Å²) in [4.78, 5) is 62.7. The molecule has 0 amide bonds. The number of alkyl halides is 9. The van der Waals surface area contributed by atoms with E-state index in [1.54, 1.807) is 50.4 Å². The predicted molar refractivity (Wildman–Crippen MR) is 350 cm³/mol. The van der Waals surface area contributed by atoms with Crippen molar-refractivity contribution < 1.29 is 58.6 Å². The number of esters is 1. The lowest BCUT2D eigenvalue weighted by molar-refractivity contribution is -0.191. The fourth-order valence-electron chi connectivity index (χ4n) is 7.27. The number of carbonyl (C=O) groups excluding carboxylic acids is 3. The van der Waals surface area contributed by atoms with Gasteiger partial charge < -0.3 is 15.8 Å². The van der Waals surface area contributed by atoms with Gasteiger partial charge in [0.25, 0.3) is 0 Å². The summed E-state index contributed by atoms with van der Waals surface area (Å²) in [7, 11) is 0. The predicted octanol–water partition coefficient (Wildman–Crippen LogP) is 16.9. The average molecular weight is 1510 g/mol. The first kappa shape index (κ1) is 84.6. The number of ether oxygens (including phenoxy) is 1. The minimum atomic E-state index is -4.51. The van der Waals surface area contributed by atoms with Gasteiger partial charge in [0, 0.05) is 76.4 Å². The minimum absolute atomic E-state index is 0.00479. The summed E-state index contributed by atoms with van der Waals surface area (Å²) in [5, 5.41) is 56.8. The number of nitriles is 6. The van der Waals surface area contributed by atoms with Crippen LogP contribution in [0.4, 0.5) is 51.1 Å². The fourth-order valence-corrected chi connectivity index (χ4v) is 8.72. The molecule has 0 radical (unpaired) electrons. The Morgan fingerprint density at radius 2 is 1.04 bits per heavy atom. The Morgan fingerprint density at radius 3 is 1.52 bits per heavy atom. The number of carbonyl (C=O) groups is 1. The zero-order chi connectivity index (χ0) is 75.2. The van der Waals surface area contributed by atoms with Crippen LogP contribution < -0.4 is 11.1 Å². The van der Waals surface area contributed by atoms with Crippen LogP contribution in [0.5, 0.6) is 0 Å². The normalized spacial score (nSPS) is 10.7. The second kappa shape index (κ2) is 39.7. The Hall–Kier alpha value is -10.5. The Balaban J connectivity index is 0.000000397. The van der Waals surface area contributed by atoms with E-state index in [9.17, 15) is 44.3 Å². The summed E-state index contributed by atoms with van der Waals surface area (Å²) in [5.74, 6) is -0.878. The molecule has 0 spiro atoms. The molecule has 0 saturated heterocycles. The van der Waals surface area contributed by atoms with Crippen molar-refractivity contribution in [2.45, 2.75) is 105 Å². The number of unbranched alkanes of at least 4 members (excludes halogenated alkanes) is 1. The van der Waals surface area contributed by atoms with Gasteiger partial charge in [-0.15, -0.1) is 0 Å². The summed E-state index contributed by atoms with van der Waals surface area (Å²) < 4.78 is 116. The number of hydrogen-bond acceptors (Lipinski definition) is 21. The molecule has 35 heteroatoms. The first-order valence-corrected chi connectivity index (χ1v) is 29.9. The number of nitrogens with one attached hydrogen (secondary N) is 1. The van der Waals surface area contributed by atoms with Gasteiger partial charge in [-0.3, -0.25) is 19.7 Å². The van der Waals surface area contributed by atoms with E-state index in [1.165, 1.54) is 12.3 Å². The maximum Gasteiger partial charge on any atom is 0.417 e. The number of rotatable bonds is 6. The van der Waals surface area contributed by atoms with E-state index in [2.05, 4.69) is 66.1 Å². The van der Waals surface area contributed by atoms with Gasteiger partial charge in [-0.2, -0.15) is 80.7 Å². The summed E-state index contributed by atoms with van der Waals surface area (Å²) in [5.41, 5.74) is 7.45. The standard InChI is InChI=1S/C13H13ClF3N3.C12H11N3O2.C9H8BrN3.C9H6Cl2N2.C9H4F3N3.C7H2ClF3N2.C4H7N.CO2/c1-12(2,3)20-11-10-7(5-9(14)19-11)4-8(6-18-10)13(15,16)17;1-3-17-12(16)10(5-13)9-4-8(2)7-15-11(9)6-14;1-5-2-6-3-7(11)13-9(10)8(6)12-4-5;1-5-2-6-3-7(10)13-9(11)8(6)12-4-5;10-9(11,12)7-3-6(1-2-13)8(4-14)15-5-7;8-5-1-4(7(9,10)11)3-13-6(5)2-12;1-2-3-4-5;2-1-3/h4-6H,1-3H3,(H,19,20);4,7,10H,3H2,1-2H3;2-4H,1H3,(H2,11,13);2-4H,1H3;3,5H,1H2;1,3H;2-3H2,1H3;. The van der Waals surface area contributed by atoms with Crippen LogP contribution in [0.15, 0.2) is 96.4 Å². The van der Waals surface area contributed by atoms with Crippen LogP contribution in [0.2, 0.25) is 20.5 Å². The molecule has 21 nitrogen and oxygen atoms in total. The van der Waals surface area contributed by atoms with E-state index in [0.717, 1.165) is 57.7 Å². The molecule has 9 aromatic heterocycles. The Labute approximate surface area is 587 Å². The van der Waals surface area contributed by atoms with Crippen LogP contribution in [0.3, 0.4) is 0 Å². The third-order valence-electron chi connectivity index (χ3n) is 11.4. The highest BCUT2D eigenvalue weighted by Gasteiger charge is 2.34. The highest BCUT2D eigenvalue weighted by atomic mass is 79.9. The first-order chi connectivity index (χ1) is 46.3. The van der Waals surface area contributed by atoms with Gasteiger partial charge in [0.1, 0.15) is 66.9 Å². The van der Waals surface area contributed by atoms with E-state index < -0.39 is 47.1 Å². The highest BCUT2D eigenvalue weighted by Crippen LogP contribution is 2.35. The molecule has 0 aromatic carbocycles. The quantitative estimate of drug-likeness (QED) is 0.0887. The Morgan fingerprint density at radius 1 is 0.586 bits per heavy atom. The van der Waals surface area contributed by atoms with E-state index in [4.69, 9.17) is 98.0 Å². The molecule has 9 rings (SSSR count). The van der Waals surface area contributed by atoms with Crippen molar-refractivity contribution in [2.24, 2.45) is 0 Å². The number of anilines is 2. The van der Waals surface area contributed by atoms with Crippen LogP contribution in [-0.2, 0) is 44.1 Å². The second-order valence-corrected chi connectivity index (χ2v) is 22.7. The monoisotopic (exact) mass is 1510 g/mol. The SMILES string of the molecule is CC(C)(C)Nc1nc(Cl)cc2cc(C(F)(F)F)cnc12.CCCC#N.CCOC(=O)C(C#N)c1cc(C)cnc1C#N.Cc1cnc2c(Br)nc(N)cc2c1.Cc1cnc2c(Cl)nc(Cl)cc2c1.N#CCc1cc(C(F)(F)F)cnc1C#N.N#Cc1ncc(C(F)(F)F)cc1Cl.O=C=O. The van der Waals surface area contributed by atoms with Crippen LogP contribution in [0.25, 0.3) is 32.7 Å². The molecule has 99 heavy (non-hydrogen) atoms. The van der Waals surface area contributed by atoms with Crippen molar-refractivity contribution in [1.82, 2.24) is 44.9 Å². The minimum Gasteiger partial charge on any atom is -0.465 e. The van der Waals surface area contributed by atoms with Crippen molar-refractivity contribution in [1.29, 1.82) is 31.6 Å². The van der Waals surface area contributed by atoms with Gasteiger partial charge >= 0.3 is 30.6 Å². The topological polar surface area (TPSA) is 357 Å². The van der Waals surface area contributed by atoms with Crippen molar-refractivity contribution in [3.05, 3.63) is 178 Å². The lowest BCUT2D eigenvalue weighted by atomic mass is 9.98. The molecule has 0 aliphatic carbocycles. The number of halogens is 14. The number of fused-ring (bicyclic) bond motifs is 3. The summed E-state index contributed by atoms with van der Waals surface area (Å²) in [6.07, 6.45) is -4.73. The van der Waals surface area contributed by atoms with Gasteiger partial charge in [-0.05, 0) is 142 Å². The number of nitrogens with two attached hydrogens (primary N) is 1. The Bertz CT molecular complexity index is 4510. The van der Waals surface area contributed by atoms with Crippen LogP contribution >= 0.6 is 62.3 Å². The van der Waals surface area contributed by atoms with E-state index in [1.807, 2.05) is 84.1 Å². The smallest absolute Gasteiger partial charge is 0.417 e. The molecule has 0 bridgehead atoms. The van der Waals surface area contributed by atoms with Crippen molar-refractivity contribution >= 4 is 119 Å². The van der Waals surface area contributed by atoms with Crippen molar-refractivity contribution in [3.63, 3.8) is 0 Å². The third-order valence-corrected chi connectivity index (χ3v) is 12.9. The molecule has 1 unspecified atom stereocenters. The second-order valence-electron chi connectivity index (χ2n) is 20.4. The number of aromatic nitrogens is 9. The van der Waals surface area contributed by atoms with Gasteiger partial charge in [0.15, 0.2) is 22.6 Å². The molecule has 0 saturated carbocycles. The molecular weight excluding hydrogens is 1460 g/mol. The highest BCUT2D eigenvalue weighted by molar-refractivity contribution is 9.10. The van der Waals surface area contributed by atoms with Gasteiger partial charge in [0.2, 0.25) is 0 Å². The van der Waals surface area contributed by atoms with E-state index >= 15 is 0 Å². The number of hydrogen-bond donors (Lipinski definition) is 2. The molecule has 9 aromatic rings. The van der Waals surface area contributed by atoms with Crippen LogP contribution in [-0.4, -0.2) is 69.1 Å². The maximum absolute atomic E-state index is 12.7. The molecule has 0 fully saturated rings.